The van der Waals surface area contributed by atoms with Crippen molar-refractivity contribution in [1.82, 2.24) is 9.78 Å². The third kappa shape index (κ3) is 2.15. The Hall–Kier alpha value is -1.03. The monoisotopic (exact) mass is 242 g/mol. The van der Waals surface area contributed by atoms with Gasteiger partial charge in [0.2, 0.25) is 0 Å². The summed E-state index contributed by atoms with van der Waals surface area (Å²) >= 11 is 11.6. The first-order valence-corrected chi connectivity index (χ1v) is 5.06. The molecule has 0 unspecified atom stereocenters. The van der Waals surface area contributed by atoms with Crippen LogP contribution in [-0.2, 0) is 6.61 Å². The van der Waals surface area contributed by atoms with E-state index in [4.69, 9.17) is 23.2 Å². The number of halogens is 2. The Morgan fingerprint density at radius 3 is 2.67 bits per heavy atom. The Kier molecular flexibility index (Phi) is 2.95. The molecule has 15 heavy (non-hydrogen) atoms. The summed E-state index contributed by atoms with van der Waals surface area (Å²) in [5, 5.41) is 14.4. The molecule has 0 aliphatic carbocycles. The van der Waals surface area contributed by atoms with Gasteiger partial charge in [-0.15, -0.1) is 0 Å². The van der Waals surface area contributed by atoms with Crippen LogP contribution in [0, 0.1) is 0 Å². The zero-order valence-corrected chi connectivity index (χ0v) is 9.20. The van der Waals surface area contributed by atoms with Gasteiger partial charge >= 0.3 is 0 Å². The molecule has 2 rings (SSSR count). The number of aliphatic hydroxyl groups is 1. The van der Waals surface area contributed by atoms with E-state index in [9.17, 15) is 5.11 Å². The second-order valence-corrected chi connectivity index (χ2v) is 3.91. The highest BCUT2D eigenvalue weighted by Gasteiger charge is 2.05. The van der Waals surface area contributed by atoms with Gasteiger partial charge in [0.05, 0.1) is 23.5 Å². The van der Waals surface area contributed by atoms with Crippen LogP contribution in [0.1, 0.15) is 5.56 Å². The van der Waals surface area contributed by atoms with Crippen LogP contribution in [-0.4, -0.2) is 14.9 Å². The Balaban J connectivity index is 2.52. The number of rotatable bonds is 2. The van der Waals surface area contributed by atoms with Crippen molar-refractivity contribution in [1.29, 1.82) is 0 Å². The molecule has 0 spiro atoms. The number of hydrogen-bond acceptors (Lipinski definition) is 2. The summed E-state index contributed by atoms with van der Waals surface area (Å²) < 4.78 is 1.60. The fraction of sp³-hybridized carbons (Fsp3) is 0.100. The third-order valence-electron chi connectivity index (χ3n) is 2.01. The number of nitrogens with zero attached hydrogens (tertiary/aromatic N) is 2. The minimum atomic E-state index is -0.0899. The largest absolute Gasteiger partial charge is 0.392 e. The van der Waals surface area contributed by atoms with Crippen LogP contribution in [0.2, 0.25) is 10.0 Å². The first-order valence-electron chi connectivity index (χ1n) is 4.30. The van der Waals surface area contributed by atoms with E-state index in [0.717, 1.165) is 5.69 Å². The van der Waals surface area contributed by atoms with Gasteiger partial charge < -0.3 is 5.11 Å². The van der Waals surface area contributed by atoms with Gasteiger partial charge in [-0.1, -0.05) is 23.2 Å². The fourth-order valence-electron chi connectivity index (χ4n) is 1.34. The molecule has 0 amide bonds. The molecule has 0 radical (unpaired) electrons. The van der Waals surface area contributed by atoms with Gasteiger partial charge in [-0.05, 0) is 18.2 Å². The van der Waals surface area contributed by atoms with E-state index in [1.165, 1.54) is 6.20 Å². The van der Waals surface area contributed by atoms with Crippen molar-refractivity contribution < 1.29 is 5.11 Å². The maximum absolute atomic E-state index is 9.18. The normalized spacial score (nSPS) is 10.6. The molecule has 3 nitrogen and oxygen atoms in total. The van der Waals surface area contributed by atoms with Gasteiger partial charge in [0.1, 0.15) is 0 Å². The zero-order valence-electron chi connectivity index (χ0n) is 7.69. The molecular formula is C10H8Cl2N2O. The lowest BCUT2D eigenvalue weighted by Crippen LogP contribution is -1.99. The Morgan fingerprint density at radius 1 is 1.27 bits per heavy atom. The quantitative estimate of drug-likeness (QED) is 0.880. The highest BCUT2D eigenvalue weighted by molar-refractivity contribution is 6.30. The highest BCUT2D eigenvalue weighted by Crippen LogP contribution is 2.20. The van der Waals surface area contributed by atoms with E-state index >= 15 is 0 Å². The van der Waals surface area contributed by atoms with Crippen molar-refractivity contribution in [3.8, 4) is 5.69 Å². The Bertz CT molecular complexity index is 482. The average Bonchev–Trinajstić information content (AvgIpc) is 2.64. The van der Waals surface area contributed by atoms with E-state index in [2.05, 4.69) is 5.10 Å². The minimum absolute atomic E-state index is 0.0899. The van der Waals surface area contributed by atoms with Crippen LogP contribution in [0.3, 0.4) is 0 Å². The summed E-state index contributed by atoms with van der Waals surface area (Å²) in [4.78, 5) is 0. The molecule has 1 N–H and O–H groups in total. The van der Waals surface area contributed by atoms with Crippen LogP contribution < -0.4 is 0 Å². The fourth-order valence-corrected chi connectivity index (χ4v) is 1.67. The van der Waals surface area contributed by atoms with Gasteiger partial charge in [-0.25, -0.2) is 4.68 Å². The number of aliphatic hydroxyl groups excluding tert-OH is 1. The first-order chi connectivity index (χ1) is 7.20. The van der Waals surface area contributed by atoms with Gasteiger partial charge in [-0.3, -0.25) is 0 Å². The molecule has 1 heterocycles. The van der Waals surface area contributed by atoms with E-state index in [1.54, 1.807) is 29.1 Å². The van der Waals surface area contributed by atoms with Crippen molar-refractivity contribution in [2.75, 3.05) is 0 Å². The molecule has 0 fully saturated rings. The summed E-state index contributed by atoms with van der Waals surface area (Å²) in [6, 6.07) is 5.23. The summed E-state index contributed by atoms with van der Waals surface area (Å²) in [6.07, 6.45) is 3.21. The summed E-state index contributed by atoms with van der Waals surface area (Å²) in [7, 11) is 0. The zero-order chi connectivity index (χ0) is 10.8. The molecule has 0 saturated heterocycles. The van der Waals surface area contributed by atoms with Crippen molar-refractivity contribution >= 4 is 23.2 Å². The topological polar surface area (TPSA) is 38.0 Å². The van der Waals surface area contributed by atoms with E-state index in [-0.39, 0.29) is 6.61 Å². The SMILES string of the molecule is OCc1cc(Cl)ccc1-n1cc(Cl)cn1. The first kappa shape index (κ1) is 10.5. The van der Waals surface area contributed by atoms with Crippen molar-refractivity contribution in [2.45, 2.75) is 6.61 Å². The summed E-state index contributed by atoms with van der Waals surface area (Å²) in [6.45, 7) is -0.0899. The van der Waals surface area contributed by atoms with Crippen molar-refractivity contribution in [3.05, 3.63) is 46.2 Å². The molecule has 0 atom stereocenters. The molecule has 0 aliphatic heterocycles. The molecular weight excluding hydrogens is 235 g/mol. The molecule has 1 aromatic carbocycles. The number of aromatic nitrogens is 2. The predicted octanol–water partition coefficient (Wildman–Crippen LogP) is 2.67. The smallest absolute Gasteiger partial charge is 0.0790 e. The summed E-state index contributed by atoms with van der Waals surface area (Å²) in [5.41, 5.74) is 1.48. The maximum Gasteiger partial charge on any atom is 0.0790 e. The molecule has 0 aliphatic rings. The molecule has 0 bridgehead atoms. The van der Waals surface area contributed by atoms with E-state index in [0.29, 0.717) is 15.6 Å². The molecule has 0 saturated carbocycles. The molecule has 1 aromatic heterocycles. The lowest BCUT2D eigenvalue weighted by atomic mass is 10.2. The van der Waals surface area contributed by atoms with Crippen LogP contribution >= 0.6 is 23.2 Å². The summed E-state index contributed by atoms with van der Waals surface area (Å²) in [5.74, 6) is 0. The minimum Gasteiger partial charge on any atom is -0.392 e. The van der Waals surface area contributed by atoms with Crippen LogP contribution in [0.25, 0.3) is 5.69 Å². The number of benzene rings is 1. The van der Waals surface area contributed by atoms with Crippen molar-refractivity contribution in [3.63, 3.8) is 0 Å². The molecule has 78 valence electrons. The van der Waals surface area contributed by atoms with Gasteiger partial charge in [0.15, 0.2) is 0 Å². The lowest BCUT2D eigenvalue weighted by Gasteiger charge is -2.07. The second kappa shape index (κ2) is 4.23. The molecule has 2 aromatic rings. The standard InChI is InChI=1S/C10H8Cl2N2O/c11-8-1-2-10(7(3-8)6-15)14-5-9(12)4-13-14/h1-5,15H,6H2. The van der Waals surface area contributed by atoms with Gasteiger partial charge in [0, 0.05) is 16.8 Å². The van der Waals surface area contributed by atoms with Gasteiger partial charge in [0.25, 0.3) is 0 Å². The number of hydrogen-bond donors (Lipinski definition) is 1. The lowest BCUT2D eigenvalue weighted by molar-refractivity contribution is 0.281. The average molecular weight is 243 g/mol. The van der Waals surface area contributed by atoms with E-state index in [1.807, 2.05) is 0 Å². The Morgan fingerprint density at radius 2 is 2.07 bits per heavy atom. The predicted molar refractivity (Wildman–Crippen MR) is 59.5 cm³/mol. The second-order valence-electron chi connectivity index (χ2n) is 3.03. The van der Waals surface area contributed by atoms with Crippen LogP contribution in [0.4, 0.5) is 0 Å². The molecule has 5 heteroatoms. The van der Waals surface area contributed by atoms with Gasteiger partial charge in [-0.2, -0.15) is 5.10 Å². The maximum atomic E-state index is 9.18. The highest BCUT2D eigenvalue weighted by atomic mass is 35.5. The van der Waals surface area contributed by atoms with E-state index < -0.39 is 0 Å². The van der Waals surface area contributed by atoms with Crippen LogP contribution in [0.5, 0.6) is 0 Å². The third-order valence-corrected chi connectivity index (χ3v) is 2.44. The van der Waals surface area contributed by atoms with Crippen LogP contribution in [0.15, 0.2) is 30.6 Å². The van der Waals surface area contributed by atoms with Crippen molar-refractivity contribution in [2.24, 2.45) is 0 Å². The Labute approximate surface area is 96.9 Å².